The maximum absolute atomic E-state index is 9.00. The third-order valence-corrected chi connectivity index (χ3v) is 0.401. The van der Waals surface area contributed by atoms with Crippen molar-refractivity contribution in [3.8, 4) is 0 Å². The molecule has 0 amide bonds. The van der Waals surface area contributed by atoms with Crippen molar-refractivity contribution in [1.82, 2.24) is 0 Å². The summed E-state index contributed by atoms with van der Waals surface area (Å²) >= 11 is 0. The summed E-state index contributed by atoms with van der Waals surface area (Å²) in [5.74, 6) is -1.67. The van der Waals surface area contributed by atoms with Gasteiger partial charge in [0.05, 0.1) is 6.26 Å². The number of hydrogen-bond acceptors (Lipinski definition) is 4. The summed E-state index contributed by atoms with van der Waals surface area (Å²) in [6.07, 6.45) is 2.95. The predicted molar refractivity (Wildman–Crippen MR) is 50.1 cm³/mol. The molecule has 0 spiro atoms. The van der Waals surface area contributed by atoms with E-state index in [-0.39, 0.29) is 6.61 Å². The van der Waals surface area contributed by atoms with Gasteiger partial charge in [-0.05, 0) is 12.5 Å². The molecule has 0 atom stereocenters. The smallest absolute Gasteiger partial charge is 0.300 e. The first-order valence-electron chi connectivity index (χ1n) is 3.67. The van der Waals surface area contributed by atoms with Crippen LogP contribution >= 0.6 is 0 Å². The molecule has 0 aliphatic rings. The number of hydrogen-bond donors (Lipinski definition) is 4. The van der Waals surface area contributed by atoms with Gasteiger partial charge in [-0.2, -0.15) is 0 Å². The molecule has 6 nitrogen and oxygen atoms in total. The molecule has 0 aromatic carbocycles. The molecule has 0 radical (unpaired) electrons. The third kappa shape index (κ3) is 449. The molecule has 0 heterocycles. The van der Waals surface area contributed by atoms with Crippen LogP contribution in [0.3, 0.4) is 0 Å². The van der Waals surface area contributed by atoms with Crippen LogP contribution in [0, 0.1) is 0 Å². The van der Waals surface area contributed by atoms with E-state index < -0.39 is 11.9 Å². The van der Waals surface area contributed by atoms with Crippen LogP contribution in [0.25, 0.3) is 0 Å². The summed E-state index contributed by atoms with van der Waals surface area (Å²) in [6, 6.07) is 0. The highest BCUT2D eigenvalue weighted by molar-refractivity contribution is 5.63. The molecule has 6 heteroatoms. The minimum absolute atomic E-state index is 0.108. The van der Waals surface area contributed by atoms with E-state index in [1.54, 1.807) is 0 Å². The van der Waals surface area contributed by atoms with Crippen molar-refractivity contribution in [3.63, 3.8) is 0 Å². The second kappa shape index (κ2) is 17.5. The lowest BCUT2D eigenvalue weighted by Crippen LogP contribution is -1.78. The van der Waals surface area contributed by atoms with Crippen LogP contribution in [0.2, 0.25) is 0 Å². The zero-order valence-electron chi connectivity index (χ0n) is 8.17. The SMILES string of the molecule is CC(=O)O.CC(=O)O.OC=CCCO. The highest BCUT2D eigenvalue weighted by Crippen LogP contribution is 1.74. The summed E-state index contributed by atoms with van der Waals surface area (Å²) < 4.78 is 0. The van der Waals surface area contributed by atoms with Crippen LogP contribution < -0.4 is 0 Å². The largest absolute Gasteiger partial charge is 0.516 e. The van der Waals surface area contributed by atoms with E-state index >= 15 is 0 Å². The van der Waals surface area contributed by atoms with Crippen molar-refractivity contribution in [1.29, 1.82) is 0 Å². The van der Waals surface area contributed by atoms with Crippen LogP contribution in [-0.4, -0.2) is 39.0 Å². The van der Waals surface area contributed by atoms with Crippen LogP contribution in [0.15, 0.2) is 12.3 Å². The second-order valence-corrected chi connectivity index (χ2v) is 1.94. The first-order valence-corrected chi connectivity index (χ1v) is 3.67. The Hall–Kier alpha value is -1.56. The Morgan fingerprint density at radius 3 is 1.50 bits per heavy atom. The quantitative estimate of drug-likeness (QED) is 0.494. The standard InChI is InChI=1S/C4H8O2.2C2H4O2/c5-3-1-2-4-6;2*1-2(3)4/h1,3,5-6H,2,4H2;2*1H3,(H,3,4). The first-order chi connectivity index (χ1) is 6.38. The van der Waals surface area contributed by atoms with E-state index in [1.807, 2.05) is 0 Å². The van der Waals surface area contributed by atoms with Crippen molar-refractivity contribution >= 4 is 11.9 Å². The lowest BCUT2D eigenvalue weighted by Gasteiger charge is -1.76. The molecule has 0 bridgehead atoms. The van der Waals surface area contributed by atoms with E-state index in [0.29, 0.717) is 6.42 Å². The lowest BCUT2D eigenvalue weighted by atomic mass is 10.5. The number of aliphatic carboxylic acids is 2. The average Bonchev–Trinajstić information content (AvgIpc) is 1.98. The van der Waals surface area contributed by atoms with Crippen molar-refractivity contribution in [3.05, 3.63) is 12.3 Å². The summed E-state index contributed by atoms with van der Waals surface area (Å²) in [7, 11) is 0. The van der Waals surface area contributed by atoms with Gasteiger partial charge in [0.15, 0.2) is 0 Å². The number of carboxylic acid groups (broad SMARTS) is 2. The van der Waals surface area contributed by atoms with Crippen molar-refractivity contribution in [2.75, 3.05) is 6.61 Å². The van der Waals surface area contributed by atoms with Gasteiger partial charge < -0.3 is 20.4 Å². The summed E-state index contributed by atoms with van der Waals surface area (Å²) in [6.45, 7) is 2.27. The molecule has 0 aromatic rings. The number of carboxylic acids is 2. The Kier molecular flexibility index (Phi) is 22.8. The lowest BCUT2D eigenvalue weighted by molar-refractivity contribution is -0.135. The second-order valence-electron chi connectivity index (χ2n) is 1.94. The van der Waals surface area contributed by atoms with E-state index in [4.69, 9.17) is 30.0 Å². The van der Waals surface area contributed by atoms with Crippen LogP contribution in [-0.2, 0) is 9.59 Å². The fraction of sp³-hybridized carbons (Fsp3) is 0.500. The van der Waals surface area contributed by atoms with Gasteiger partial charge >= 0.3 is 0 Å². The monoisotopic (exact) mass is 208 g/mol. The molecule has 0 rings (SSSR count). The molecule has 0 aliphatic heterocycles. The Bertz CT molecular complexity index is 143. The molecule has 14 heavy (non-hydrogen) atoms. The van der Waals surface area contributed by atoms with E-state index in [0.717, 1.165) is 20.1 Å². The van der Waals surface area contributed by atoms with Crippen molar-refractivity contribution < 1.29 is 30.0 Å². The molecule has 84 valence electrons. The molecule has 0 unspecified atom stereocenters. The highest BCUT2D eigenvalue weighted by atomic mass is 16.4. The normalized spacial score (nSPS) is 7.93. The fourth-order valence-electron chi connectivity index (χ4n) is 0.149. The van der Waals surface area contributed by atoms with Gasteiger partial charge in [-0.3, -0.25) is 9.59 Å². The zero-order valence-corrected chi connectivity index (χ0v) is 8.17. The van der Waals surface area contributed by atoms with Crippen LogP contribution in [0.5, 0.6) is 0 Å². The van der Waals surface area contributed by atoms with Gasteiger partial charge in [-0.15, -0.1) is 0 Å². The predicted octanol–water partition coefficient (Wildman–Crippen LogP) is 0.622. The Balaban J connectivity index is -0.000000135. The molecular formula is C8H16O6. The van der Waals surface area contributed by atoms with E-state index in [1.165, 1.54) is 6.08 Å². The molecule has 0 fully saturated rings. The minimum Gasteiger partial charge on any atom is -0.516 e. The zero-order chi connectivity index (χ0) is 12.0. The number of carbonyl (C=O) groups is 2. The van der Waals surface area contributed by atoms with Crippen molar-refractivity contribution in [2.45, 2.75) is 20.3 Å². The van der Waals surface area contributed by atoms with Crippen molar-refractivity contribution in [2.24, 2.45) is 0 Å². The Morgan fingerprint density at radius 1 is 1.14 bits per heavy atom. The van der Waals surface area contributed by atoms with Crippen LogP contribution in [0.4, 0.5) is 0 Å². The molecule has 0 saturated heterocycles. The van der Waals surface area contributed by atoms with E-state index in [9.17, 15) is 0 Å². The Morgan fingerprint density at radius 2 is 1.43 bits per heavy atom. The summed E-state index contributed by atoms with van der Waals surface area (Å²) in [5.41, 5.74) is 0. The van der Waals surface area contributed by atoms with Gasteiger partial charge in [0.25, 0.3) is 11.9 Å². The number of rotatable bonds is 2. The Labute approximate surface area is 82.1 Å². The number of aliphatic hydroxyl groups excluding tert-OH is 2. The molecule has 0 saturated carbocycles. The van der Waals surface area contributed by atoms with Crippen LogP contribution in [0.1, 0.15) is 20.3 Å². The highest BCUT2D eigenvalue weighted by Gasteiger charge is 1.67. The maximum atomic E-state index is 9.00. The summed E-state index contributed by atoms with van der Waals surface area (Å²) in [5, 5.41) is 30.8. The average molecular weight is 208 g/mol. The molecule has 4 N–H and O–H groups in total. The molecular weight excluding hydrogens is 192 g/mol. The van der Waals surface area contributed by atoms with E-state index in [2.05, 4.69) is 0 Å². The first kappa shape index (κ1) is 18.3. The topological polar surface area (TPSA) is 115 Å². The molecule has 0 aliphatic carbocycles. The van der Waals surface area contributed by atoms with Gasteiger partial charge in [-0.1, -0.05) is 0 Å². The third-order valence-electron chi connectivity index (χ3n) is 0.401. The molecule has 0 aromatic heterocycles. The van der Waals surface area contributed by atoms with Gasteiger partial charge in [-0.25, -0.2) is 0 Å². The van der Waals surface area contributed by atoms with Gasteiger partial charge in [0.1, 0.15) is 0 Å². The number of aliphatic hydroxyl groups is 2. The summed E-state index contributed by atoms with van der Waals surface area (Å²) in [4.78, 5) is 18.0. The minimum atomic E-state index is -0.833. The fourth-order valence-corrected chi connectivity index (χ4v) is 0.149. The maximum Gasteiger partial charge on any atom is 0.300 e. The van der Waals surface area contributed by atoms with Gasteiger partial charge in [0, 0.05) is 20.5 Å². The van der Waals surface area contributed by atoms with Gasteiger partial charge in [0.2, 0.25) is 0 Å².